The highest BCUT2D eigenvalue weighted by Gasteiger charge is 2.22. The summed E-state index contributed by atoms with van der Waals surface area (Å²) in [6, 6.07) is 6.01. The lowest BCUT2D eigenvalue weighted by Gasteiger charge is -2.28. The number of hydrogen-bond donors (Lipinski definition) is 3. The molecule has 10 nitrogen and oxygen atoms in total. The molecule has 1 aliphatic heterocycles. The second kappa shape index (κ2) is 8.26. The summed E-state index contributed by atoms with van der Waals surface area (Å²) in [5.74, 6) is 0.496. The molecule has 0 radical (unpaired) electrons. The Hall–Kier alpha value is -3.70. The molecule has 5 aromatic rings. The molecule has 0 spiro atoms. The van der Waals surface area contributed by atoms with Crippen molar-refractivity contribution in [3.05, 3.63) is 51.3 Å². The molecule has 0 bridgehead atoms. The average molecular weight is 477 g/mol. The minimum absolute atomic E-state index is 0.116. The van der Waals surface area contributed by atoms with Crippen LogP contribution in [0.4, 0.5) is 11.4 Å². The molecule has 3 N–H and O–H groups in total. The molecule has 6 rings (SSSR count). The molecule has 34 heavy (non-hydrogen) atoms. The van der Waals surface area contributed by atoms with Gasteiger partial charge in [-0.15, -0.1) is 11.3 Å². The predicted octanol–water partition coefficient (Wildman–Crippen LogP) is 3.27. The number of aromatic amines is 2. The third-order valence-corrected chi connectivity index (χ3v) is 6.73. The standard InChI is InChI=1S/C23H24N8O2S/c1-13(18-11-34-12-24-18)25-21-19(23(32)28-17-10-30(2)29-20(17)21)22-26-15-4-3-14(9-16(15)27-22)31-5-7-33-8-6-31/h3-4,9-13,25H,5-8H2,1-2H3,(H,26,27)(H,28,32)/t13-/m1/s1. The van der Waals surface area contributed by atoms with Gasteiger partial charge in [0, 0.05) is 37.4 Å². The largest absolute Gasteiger partial charge is 0.378 e. The quantitative estimate of drug-likeness (QED) is 0.356. The number of morpholine rings is 1. The number of hydrogen-bond acceptors (Lipinski definition) is 8. The van der Waals surface area contributed by atoms with Crippen LogP contribution in [0.5, 0.6) is 0 Å². The lowest BCUT2D eigenvalue weighted by molar-refractivity contribution is 0.122. The van der Waals surface area contributed by atoms with Crippen molar-refractivity contribution in [2.75, 3.05) is 36.5 Å². The van der Waals surface area contributed by atoms with Gasteiger partial charge in [0.1, 0.15) is 16.9 Å². The van der Waals surface area contributed by atoms with E-state index in [4.69, 9.17) is 9.72 Å². The maximum atomic E-state index is 13.3. The molecule has 0 unspecified atom stereocenters. The molecule has 5 heterocycles. The van der Waals surface area contributed by atoms with Gasteiger partial charge in [-0.3, -0.25) is 9.48 Å². The summed E-state index contributed by atoms with van der Waals surface area (Å²) in [5.41, 5.74) is 7.64. The average Bonchev–Trinajstić information content (AvgIpc) is 3.58. The van der Waals surface area contributed by atoms with Gasteiger partial charge in [-0.25, -0.2) is 9.97 Å². The van der Waals surface area contributed by atoms with Crippen molar-refractivity contribution < 1.29 is 4.74 Å². The maximum Gasteiger partial charge on any atom is 0.261 e. The number of ether oxygens (including phenoxy) is 1. The molecule has 1 fully saturated rings. The molecule has 0 aliphatic carbocycles. The SMILES string of the molecule is C[C@@H](Nc1c(-c2nc3ccc(N4CCOCC4)cc3[nH]2)c(=O)[nH]c2cn(C)nc12)c1cscn1. The fraction of sp³-hybridized carbons (Fsp3) is 0.304. The van der Waals surface area contributed by atoms with Crippen LogP contribution in [-0.4, -0.2) is 56.0 Å². The molecular formula is C23H24N8O2S. The number of aromatic nitrogens is 6. The number of anilines is 2. The Bertz CT molecular complexity index is 1530. The van der Waals surface area contributed by atoms with Gasteiger partial charge in [0.05, 0.1) is 52.7 Å². The van der Waals surface area contributed by atoms with Crippen molar-refractivity contribution >= 4 is 44.8 Å². The van der Waals surface area contributed by atoms with Crippen molar-refractivity contribution in [2.24, 2.45) is 7.05 Å². The summed E-state index contributed by atoms with van der Waals surface area (Å²) in [4.78, 5) is 31.1. The minimum atomic E-state index is -0.235. The molecular weight excluding hydrogens is 452 g/mol. The topological polar surface area (TPSA) is 117 Å². The molecule has 174 valence electrons. The summed E-state index contributed by atoms with van der Waals surface area (Å²) in [6.07, 6.45) is 1.80. The monoisotopic (exact) mass is 476 g/mol. The number of thiazole rings is 1. The van der Waals surface area contributed by atoms with Gasteiger partial charge in [-0.05, 0) is 25.1 Å². The Kier molecular flexibility index (Phi) is 5.07. The Morgan fingerprint density at radius 1 is 1.21 bits per heavy atom. The zero-order chi connectivity index (χ0) is 23.2. The lowest BCUT2D eigenvalue weighted by atomic mass is 10.1. The van der Waals surface area contributed by atoms with Crippen molar-refractivity contribution in [2.45, 2.75) is 13.0 Å². The number of fused-ring (bicyclic) bond motifs is 2. The number of nitrogens with zero attached hydrogens (tertiary/aromatic N) is 5. The first kappa shape index (κ1) is 20.9. The molecule has 1 saturated heterocycles. The molecule has 1 aromatic carbocycles. The summed E-state index contributed by atoms with van der Waals surface area (Å²) in [7, 11) is 1.83. The number of rotatable bonds is 5. The van der Waals surface area contributed by atoms with Crippen LogP contribution in [0.3, 0.4) is 0 Å². The van der Waals surface area contributed by atoms with Gasteiger partial charge >= 0.3 is 0 Å². The number of nitrogens with one attached hydrogen (secondary N) is 3. The number of pyridine rings is 1. The number of imidazole rings is 1. The molecule has 0 saturated carbocycles. The molecule has 4 aromatic heterocycles. The number of benzene rings is 1. The smallest absolute Gasteiger partial charge is 0.261 e. The number of aryl methyl sites for hydroxylation is 1. The highest BCUT2D eigenvalue weighted by molar-refractivity contribution is 7.07. The molecule has 1 atom stereocenters. The van der Waals surface area contributed by atoms with Gasteiger partial charge in [-0.1, -0.05) is 0 Å². The van der Waals surface area contributed by atoms with Crippen LogP contribution in [0.15, 0.2) is 40.1 Å². The Balaban J connectivity index is 1.48. The van der Waals surface area contributed by atoms with Gasteiger partial charge in [0.15, 0.2) is 0 Å². The second-order valence-electron chi connectivity index (χ2n) is 8.43. The van der Waals surface area contributed by atoms with Crippen molar-refractivity contribution in [3.63, 3.8) is 0 Å². The highest BCUT2D eigenvalue weighted by Crippen LogP contribution is 2.33. The van der Waals surface area contributed by atoms with Crippen molar-refractivity contribution in [1.29, 1.82) is 0 Å². The summed E-state index contributed by atoms with van der Waals surface area (Å²) in [6.45, 7) is 5.16. The van der Waals surface area contributed by atoms with Crippen molar-refractivity contribution in [1.82, 2.24) is 29.7 Å². The van der Waals surface area contributed by atoms with E-state index in [1.54, 1.807) is 16.4 Å². The van der Waals surface area contributed by atoms with Gasteiger partial charge in [0.25, 0.3) is 5.56 Å². The Labute approximate surface area is 198 Å². The van der Waals surface area contributed by atoms with E-state index in [1.807, 2.05) is 25.4 Å². The summed E-state index contributed by atoms with van der Waals surface area (Å²) >= 11 is 1.54. The van der Waals surface area contributed by atoms with Gasteiger partial charge in [0.2, 0.25) is 0 Å². The van der Waals surface area contributed by atoms with Crippen LogP contribution in [0.25, 0.3) is 33.5 Å². The first-order chi connectivity index (χ1) is 16.6. The third-order valence-electron chi connectivity index (χ3n) is 6.13. The lowest BCUT2D eigenvalue weighted by Crippen LogP contribution is -2.36. The Morgan fingerprint density at radius 2 is 2.06 bits per heavy atom. The van der Waals surface area contributed by atoms with E-state index >= 15 is 0 Å². The van der Waals surface area contributed by atoms with E-state index < -0.39 is 0 Å². The first-order valence-electron chi connectivity index (χ1n) is 11.1. The van der Waals surface area contributed by atoms with E-state index in [2.05, 4.69) is 42.4 Å². The number of H-pyrrole nitrogens is 2. The van der Waals surface area contributed by atoms with Crippen LogP contribution in [0, 0.1) is 0 Å². The fourth-order valence-electron chi connectivity index (χ4n) is 4.41. The fourth-order valence-corrected chi connectivity index (χ4v) is 5.06. The molecule has 11 heteroatoms. The third kappa shape index (κ3) is 3.62. The van der Waals surface area contributed by atoms with Crippen LogP contribution < -0.4 is 15.8 Å². The van der Waals surface area contributed by atoms with Crippen LogP contribution in [0.1, 0.15) is 18.7 Å². The Morgan fingerprint density at radius 3 is 2.85 bits per heavy atom. The normalized spacial score (nSPS) is 15.3. The van der Waals surface area contributed by atoms with E-state index in [0.717, 1.165) is 48.7 Å². The molecule has 0 amide bonds. The molecule has 1 aliphatic rings. The van der Waals surface area contributed by atoms with E-state index in [0.29, 0.717) is 28.1 Å². The van der Waals surface area contributed by atoms with Crippen LogP contribution in [-0.2, 0) is 11.8 Å². The van der Waals surface area contributed by atoms with E-state index in [1.165, 1.54) is 11.3 Å². The van der Waals surface area contributed by atoms with Crippen molar-refractivity contribution in [3.8, 4) is 11.4 Å². The second-order valence-corrected chi connectivity index (χ2v) is 9.15. The van der Waals surface area contributed by atoms with Gasteiger partial charge < -0.3 is 24.9 Å². The zero-order valence-corrected chi connectivity index (χ0v) is 19.6. The zero-order valence-electron chi connectivity index (χ0n) is 18.8. The summed E-state index contributed by atoms with van der Waals surface area (Å²) in [5, 5.41) is 10.1. The van der Waals surface area contributed by atoms with Crippen LogP contribution >= 0.6 is 11.3 Å². The maximum absolute atomic E-state index is 13.3. The van der Waals surface area contributed by atoms with Crippen LogP contribution in [0.2, 0.25) is 0 Å². The minimum Gasteiger partial charge on any atom is -0.378 e. The first-order valence-corrected chi connectivity index (χ1v) is 12.1. The summed E-state index contributed by atoms with van der Waals surface area (Å²) < 4.78 is 7.16. The van der Waals surface area contributed by atoms with Gasteiger partial charge in [-0.2, -0.15) is 5.10 Å². The van der Waals surface area contributed by atoms with E-state index in [9.17, 15) is 4.79 Å². The van der Waals surface area contributed by atoms with E-state index in [-0.39, 0.29) is 11.6 Å². The predicted molar refractivity (Wildman–Crippen MR) is 134 cm³/mol. The highest BCUT2D eigenvalue weighted by atomic mass is 32.1.